The van der Waals surface area contributed by atoms with Crippen molar-refractivity contribution in [2.24, 2.45) is 0 Å². The zero-order valence-corrected chi connectivity index (χ0v) is 9.62. The lowest BCUT2D eigenvalue weighted by Crippen LogP contribution is -2.06. The van der Waals surface area contributed by atoms with Gasteiger partial charge in [0.15, 0.2) is 11.4 Å². The Kier molecular flexibility index (Phi) is 4.42. The van der Waals surface area contributed by atoms with E-state index in [1.54, 1.807) is 0 Å². The summed E-state index contributed by atoms with van der Waals surface area (Å²) in [4.78, 5) is 8.45. The fourth-order valence-corrected chi connectivity index (χ4v) is 1.53. The average molecular weight is 214 g/mol. The molecule has 0 atom stereocenters. The molecule has 1 heterocycles. The molecular weight excluding hydrogens is 200 g/mol. The summed E-state index contributed by atoms with van der Waals surface area (Å²) >= 11 is 0. The van der Waals surface area contributed by atoms with E-state index in [0.29, 0.717) is 0 Å². The topological polar surface area (TPSA) is 73.4 Å². The summed E-state index contributed by atoms with van der Waals surface area (Å²) in [6.45, 7) is 4.11. The Hall–Kier alpha value is -1.94. The molecular formula is C12H14N4. The van der Waals surface area contributed by atoms with Gasteiger partial charge in [-0.2, -0.15) is 10.5 Å². The SMILES string of the molecule is CCCc1nc(C#N)c(C#N)nc1CCC. The summed E-state index contributed by atoms with van der Waals surface area (Å²) in [5.74, 6) is 0. The number of nitrogens with zero attached hydrogens (tertiary/aromatic N) is 4. The molecule has 0 amide bonds. The van der Waals surface area contributed by atoms with Crippen LogP contribution in [0.1, 0.15) is 49.5 Å². The number of hydrogen-bond acceptors (Lipinski definition) is 4. The van der Waals surface area contributed by atoms with E-state index in [4.69, 9.17) is 10.5 Å². The van der Waals surface area contributed by atoms with E-state index < -0.39 is 0 Å². The second-order valence-corrected chi connectivity index (χ2v) is 3.54. The zero-order valence-electron chi connectivity index (χ0n) is 9.62. The average Bonchev–Trinajstić information content (AvgIpc) is 2.31. The fraction of sp³-hybridized carbons (Fsp3) is 0.500. The third-order valence-corrected chi connectivity index (χ3v) is 2.24. The van der Waals surface area contributed by atoms with Crippen molar-refractivity contribution in [3.63, 3.8) is 0 Å². The number of aromatic nitrogens is 2. The largest absolute Gasteiger partial charge is 0.237 e. The van der Waals surface area contributed by atoms with Crippen molar-refractivity contribution in [3.8, 4) is 12.1 Å². The Morgan fingerprint density at radius 2 is 1.25 bits per heavy atom. The Morgan fingerprint density at radius 3 is 1.50 bits per heavy atom. The van der Waals surface area contributed by atoms with Crippen LogP contribution in [0.3, 0.4) is 0 Å². The second-order valence-electron chi connectivity index (χ2n) is 3.54. The first-order chi connectivity index (χ1) is 7.76. The summed E-state index contributed by atoms with van der Waals surface area (Å²) in [5.41, 5.74) is 2.01. The molecule has 1 rings (SSSR count). The van der Waals surface area contributed by atoms with E-state index in [1.165, 1.54) is 0 Å². The van der Waals surface area contributed by atoms with Gasteiger partial charge in [0.1, 0.15) is 12.1 Å². The first kappa shape index (κ1) is 12.1. The summed E-state index contributed by atoms with van der Waals surface area (Å²) in [6.07, 6.45) is 3.54. The van der Waals surface area contributed by atoms with Crippen LogP contribution in [0.15, 0.2) is 0 Å². The van der Waals surface area contributed by atoms with Crippen LogP contribution in [0.4, 0.5) is 0 Å². The first-order valence-electron chi connectivity index (χ1n) is 5.46. The van der Waals surface area contributed by atoms with Crippen molar-refractivity contribution in [2.75, 3.05) is 0 Å². The van der Waals surface area contributed by atoms with Crippen molar-refractivity contribution in [1.82, 2.24) is 9.97 Å². The number of rotatable bonds is 4. The molecule has 0 spiro atoms. The number of aryl methyl sites for hydroxylation is 2. The van der Waals surface area contributed by atoms with Gasteiger partial charge >= 0.3 is 0 Å². The summed E-state index contributed by atoms with van der Waals surface area (Å²) < 4.78 is 0. The van der Waals surface area contributed by atoms with Gasteiger partial charge in [-0.05, 0) is 12.8 Å². The lowest BCUT2D eigenvalue weighted by atomic mass is 10.1. The van der Waals surface area contributed by atoms with Crippen LogP contribution in [-0.4, -0.2) is 9.97 Å². The summed E-state index contributed by atoms with van der Waals surface area (Å²) in [6, 6.07) is 3.84. The maximum atomic E-state index is 8.86. The molecule has 0 N–H and O–H groups in total. The van der Waals surface area contributed by atoms with Gasteiger partial charge < -0.3 is 0 Å². The number of nitriles is 2. The van der Waals surface area contributed by atoms with Gasteiger partial charge in [0.05, 0.1) is 11.4 Å². The quantitative estimate of drug-likeness (QED) is 0.769. The molecule has 4 nitrogen and oxygen atoms in total. The standard InChI is InChI=1S/C12H14N4/c1-3-5-9-10(6-4-2)16-12(8-14)11(7-13)15-9/h3-6H2,1-2H3. The molecule has 1 aromatic heterocycles. The third-order valence-electron chi connectivity index (χ3n) is 2.24. The van der Waals surface area contributed by atoms with E-state index in [2.05, 4.69) is 23.8 Å². The van der Waals surface area contributed by atoms with Crippen molar-refractivity contribution in [1.29, 1.82) is 10.5 Å². The molecule has 82 valence electrons. The molecule has 0 fully saturated rings. The monoisotopic (exact) mass is 214 g/mol. The molecule has 0 aliphatic rings. The molecule has 0 aliphatic heterocycles. The lowest BCUT2D eigenvalue weighted by molar-refractivity contribution is 0.789. The second kappa shape index (κ2) is 5.82. The predicted molar refractivity (Wildman–Crippen MR) is 59.5 cm³/mol. The maximum absolute atomic E-state index is 8.86. The van der Waals surface area contributed by atoms with Crippen LogP contribution in [-0.2, 0) is 12.8 Å². The molecule has 0 unspecified atom stereocenters. The maximum Gasteiger partial charge on any atom is 0.177 e. The molecule has 16 heavy (non-hydrogen) atoms. The molecule has 0 aliphatic carbocycles. The van der Waals surface area contributed by atoms with Crippen molar-refractivity contribution >= 4 is 0 Å². The minimum atomic E-state index is 0.144. The van der Waals surface area contributed by atoms with Crippen LogP contribution < -0.4 is 0 Å². The van der Waals surface area contributed by atoms with Gasteiger partial charge in [-0.3, -0.25) is 0 Å². The van der Waals surface area contributed by atoms with Gasteiger partial charge in [0, 0.05) is 0 Å². The highest BCUT2D eigenvalue weighted by atomic mass is 14.8. The zero-order chi connectivity index (χ0) is 12.0. The van der Waals surface area contributed by atoms with Gasteiger partial charge in [-0.15, -0.1) is 0 Å². The number of hydrogen-bond donors (Lipinski definition) is 0. The van der Waals surface area contributed by atoms with Crippen molar-refractivity contribution in [3.05, 3.63) is 22.8 Å². The van der Waals surface area contributed by atoms with Gasteiger partial charge in [0.25, 0.3) is 0 Å². The molecule has 1 aromatic rings. The van der Waals surface area contributed by atoms with E-state index >= 15 is 0 Å². The highest BCUT2D eigenvalue weighted by Gasteiger charge is 2.11. The van der Waals surface area contributed by atoms with Crippen LogP contribution >= 0.6 is 0 Å². The van der Waals surface area contributed by atoms with Crippen LogP contribution in [0.25, 0.3) is 0 Å². The van der Waals surface area contributed by atoms with Crippen molar-refractivity contribution < 1.29 is 0 Å². The molecule has 0 aromatic carbocycles. The Morgan fingerprint density at radius 1 is 0.875 bits per heavy atom. The highest BCUT2D eigenvalue weighted by molar-refractivity contribution is 5.37. The Balaban J connectivity index is 3.26. The summed E-state index contributed by atoms with van der Waals surface area (Å²) in [5, 5.41) is 17.7. The molecule has 0 saturated carbocycles. The fourth-order valence-electron chi connectivity index (χ4n) is 1.53. The normalized spacial score (nSPS) is 9.50. The lowest BCUT2D eigenvalue weighted by Gasteiger charge is -2.07. The Labute approximate surface area is 95.6 Å². The van der Waals surface area contributed by atoms with E-state index in [9.17, 15) is 0 Å². The van der Waals surface area contributed by atoms with Crippen LogP contribution in [0, 0.1) is 22.7 Å². The van der Waals surface area contributed by atoms with E-state index in [-0.39, 0.29) is 11.4 Å². The van der Waals surface area contributed by atoms with Crippen LogP contribution in [0.5, 0.6) is 0 Å². The first-order valence-corrected chi connectivity index (χ1v) is 5.46. The molecule has 4 heteroatoms. The van der Waals surface area contributed by atoms with Crippen molar-refractivity contribution in [2.45, 2.75) is 39.5 Å². The minimum Gasteiger partial charge on any atom is -0.237 e. The smallest absolute Gasteiger partial charge is 0.177 e. The summed E-state index contributed by atoms with van der Waals surface area (Å²) in [7, 11) is 0. The third kappa shape index (κ3) is 2.55. The molecule has 0 bridgehead atoms. The van der Waals surface area contributed by atoms with E-state index in [1.807, 2.05) is 12.1 Å². The molecule has 0 saturated heterocycles. The predicted octanol–water partition coefficient (Wildman–Crippen LogP) is 2.12. The Bertz CT molecular complexity index is 408. The van der Waals surface area contributed by atoms with Crippen LogP contribution in [0.2, 0.25) is 0 Å². The highest BCUT2D eigenvalue weighted by Crippen LogP contribution is 2.12. The van der Waals surface area contributed by atoms with E-state index in [0.717, 1.165) is 37.1 Å². The van der Waals surface area contributed by atoms with Gasteiger partial charge in [-0.1, -0.05) is 26.7 Å². The minimum absolute atomic E-state index is 0.144. The van der Waals surface area contributed by atoms with Gasteiger partial charge in [0.2, 0.25) is 0 Å². The molecule has 0 radical (unpaired) electrons. The van der Waals surface area contributed by atoms with Gasteiger partial charge in [-0.25, -0.2) is 9.97 Å².